The third kappa shape index (κ3) is 1.92. The highest BCUT2D eigenvalue weighted by atomic mass is 16.5. The van der Waals surface area contributed by atoms with Gasteiger partial charge in [-0.2, -0.15) is 0 Å². The second-order valence-corrected chi connectivity index (χ2v) is 4.80. The molecule has 0 amide bonds. The predicted octanol–water partition coefficient (Wildman–Crippen LogP) is 1.89. The van der Waals surface area contributed by atoms with Gasteiger partial charge in [-0.3, -0.25) is 9.79 Å². The Balaban J connectivity index is 1.75. The van der Waals surface area contributed by atoms with E-state index in [4.69, 9.17) is 4.52 Å². The zero-order valence-electron chi connectivity index (χ0n) is 11.1. The van der Waals surface area contributed by atoms with E-state index in [2.05, 4.69) is 15.5 Å². The van der Waals surface area contributed by atoms with Crippen molar-refractivity contribution in [2.24, 2.45) is 4.99 Å². The third-order valence-corrected chi connectivity index (χ3v) is 3.51. The lowest BCUT2D eigenvalue weighted by atomic mass is 10.1. The minimum Gasteiger partial charge on any atom is -0.353 e. The van der Waals surface area contributed by atoms with E-state index in [0.29, 0.717) is 5.82 Å². The topological polar surface area (TPSA) is 70.7 Å². The number of carbonyl (C=O) groups excluding carboxylic acids is 1. The first-order chi connectivity index (χ1) is 10.3. The quantitative estimate of drug-likeness (QED) is 0.672. The number of rotatable bonds is 2. The van der Waals surface area contributed by atoms with Crippen LogP contribution >= 0.6 is 0 Å². The van der Waals surface area contributed by atoms with Crippen molar-refractivity contribution in [2.75, 3.05) is 18.4 Å². The van der Waals surface area contributed by atoms with Crippen LogP contribution in [-0.4, -0.2) is 34.8 Å². The normalized spacial score (nSPS) is 18.0. The lowest BCUT2D eigenvalue weighted by Gasteiger charge is -2.31. The van der Waals surface area contributed by atoms with Gasteiger partial charge in [-0.05, 0) is 12.1 Å². The van der Waals surface area contributed by atoms with E-state index in [0.717, 1.165) is 30.2 Å². The number of nitrogens with one attached hydrogen (secondary N) is 1. The largest absolute Gasteiger partial charge is 0.353 e. The summed E-state index contributed by atoms with van der Waals surface area (Å²) < 4.78 is 4.90. The van der Waals surface area contributed by atoms with Gasteiger partial charge < -0.3 is 14.7 Å². The Kier molecular flexibility index (Phi) is 2.60. The first kappa shape index (κ1) is 11.9. The van der Waals surface area contributed by atoms with Gasteiger partial charge in [0.15, 0.2) is 0 Å². The number of hydrogen-bond donors (Lipinski definition) is 1. The number of allylic oxidation sites excluding steroid dienone is 1. The van der Waals surface area contributed by atoms with E-state index >= 15 is 0 Å². The molecule has 2 aliphatic rings. The average Bonchev–Trinajstić information content (AvgIpc) is 3.19. The van der Waals surface area contributed by atoms with Crippen LogP contribution in [-0.2, 0) is 0 Å². The van der Waals surface area contributed by atoms with E-state index in [1.807, 2.05) is 29.2 Å². The monoisotopic (exact) mass is 280 g/mol. The zero-order valence-corrected chi connectivity index (χ0v) is 11.1. The number of anilines is 1. The fourth-order valence-electron chi connectivity index (χ4n) is 2.56. The summed E-state index contributed by atoms with van der Waals surface area (Å²) in [6.07, 6.45) is 2.98. The molecule has 104 valence electrons. The van der Waals surface area contributed by atoms with Gasteiger partial charge in [0.05, 0.1) is 18.4 Å². The zero-order chi connectivity index (χ0) is 14.2. The molecule has 0 fully saturated rings. The maximum Gasteiger partial charge on any atom is 0.227 e. The first-order valence-corrected chi connectivity index (χ1v) is 6.68. The number of nitrogens with zero attached hydrogens (tertiary/aromatic N) is 3. The molecule has 0 aliphatic carbocycles. The highest BCUT2D eigenvalue weighted by Gasteiger charge is 2.29. The number of aromatic nitrogens is 1. The maximum atomic E-state index is 12.2. The predicted molar refractivity (Wildman–Crippen MR) is 77.1 cm³/mol. The molecule has 0 atom stereocenters. The second-order valence-electron chi connectivity index (χ2n) is 4.80. The molecule has 3 heterocycles. The molecule has 0 unspecified atom stereocenters. The molecule has 21 heavy (non-hydrogen) atoms. The molecule has 1 N–H and O–H groups in total. The van der Waals surface area contributed by atoms with Crippen molar-refractivity contribution in [1.82, 2.24) is 10.1 Å². The molecule has 6 heteroatoms. The standard InChI is InChI=1S/C15H12N4O2/c20-12(13-5-6-17-21-13)9-14-18-11-4-2-1-3-10(11)15-16-7-8-19(14)15/h1-6,9,18H,7-8H2/b14-9+. The maximum absolute atomic E-state index is 12.2. The minimum atomic E-state index is -0.222. The Labute approximate surface area is 120 Å². The van der Waals surface area contributed by atoms with Gasteiger partial charge in [-0.1, -0.05) is 17.3 Å². The van der Waals surface area contributed by atoms with Crippen LogP contribution in [0.2, 0.25) is 0 Å². The number of fused-ring (bicyclic) bond motifs is 3. The van der Waals surface area contributed by atoms with Crippen molar-refractivity contribution < 1.29 is 9.32 Å². The van der Waals surface area contributed by atoms with Crippen LogP contribution in [0.25, 0.3) is 0 Å². The molecule has 1 aromatic heterocycles. The summed E-state index contributed by atoms with van der Waals surface area (Å²) in [6, 6.07) is 9.48. The van der Waals surface area contributed by atoms with Crippen molar-refractivity contribution in [3.63, 3.8) is 0 Å². The van der Waals surface area contributed by atoms with E-state index in [1.165, 1.54) is 12.3 Å². The number of carbonyl (C=O) groups is 1. The van der Waals surface area contributed by atoms with Crippen LogP contribution < -0.4 is 5.32 Å². The lowest BCUT2D eigenvalue weighted by molar-refractivity contribution is 0.101. The van der Waals surface area contributed by atoms with Crippen molar-refractivity contribution in [3.05, 3.63) is 59.7 Å². The Morgan fingerprint density at radius 1 is 1.33 bits per heavy atom. The number of aliphatic imine (C=N–C) groups is 1. The summed E-state index contributed by atoms with van der Waals surface area (Å²) in [7, 11) is 0. The Morgan fingerprint density at radius 2 is 2.24 bits per heavy atom. The van der Waals surface area contributed by atoms with Gasteiger partial charge in [0, 0.05) is 24.3 Å². The van der Waals surface area contributed by atoms with E-state index in [9.17, 15) is 4.79 Å². The Hall–Kier alpha value is -2.89. The summed E-state index contributed by atoms with van der Waals surface area (Å²) in [5.41, 5.74) is 2.00. The number of benzene rings is 1. The van der Waals surface area contributed by atoms with Crippen molar-refractivity contribution in [2.45, 2.75) is 0 Å². The van der Waals surface area contributed by atoms with Crippen LogP contribution in [0.5, 0.6) is 0 Å². The van der Waals surface area contributed by atoms with Crippen molar-refractivity contribution in [1.29, 1.82) is 0 Å². The van der Waals surface area contributed by atoms with Crippen LogP contribution in [0, 0.1) is 0 Å². The van der Waals surface area contributed by atoms with E-state index in [-0.39, 0.29) is 11.5 Å². The van der Waals surface area contributed by atoms with Crippen molar-refractivity contribution >= 4 is 17.3 Å². The molecule has 4 rings (SSSR count). The average molecular weight is 280 g/mol. The van der Waals surface area contributed by atoms with Gasteiger partial charge in [0.1, 0.15) is 11.7 Å². The highest BCUT2D eigenvalue weighted by Crippen LogP contribution is 2.29. The fourth-order valence-corrected chi connectivity index (χ4v) is 2.56. The Bertz CT molecular complexity index is 762. The smallest absolute Gasteiger partial charge is 0.227 e. The summed E-state index contributed by atoms with van der Waals surface area (Å²) in [5.74, 6) is 1.62. The molecule has 6 nitrogen and oxygen atoms in total. The molecule has 0 bridgehead atoms. The van der Waals surface area contributed by atoms with Crippen molar-refractivity contribution in [3.8, 4) is 0 Å². The van der Waals surface area contributed by atoms with Crippen LogP contribution in [0.4, 0.5) is 5.69 Å². The summed E-state index contributed by atoms with van der Waals surface area (Å²) in [6.45, 7) is 1.48. The highest BCUT2D eigenvalue weighted by molar-refractivity contribution is 6.09. The molecule has 2 aliphatic heterocycles. The van der Waals surface area contributed by atoms with Gasteiger partial charge in [0.2, 0.25) is 11.5 Å². The molecule has 0 spiro atoms. The molecule has 0 saturated carbocycles. The van der Waals surface area contributed by atoms with Gasteiger partial charge in [0.25, 0.3) is 0 Å². The molecule has 1 aromatic carbocycles. The van der Waals surface area contributed by atoms with E-state index in [1.54, 1.807) is 6.07 Å². The van der Waals surface area contributed by atoms with Gasteiger partial charge in [-0.25, -0.2) is 0 Å². The lowest BCUT2D eigenvalue weighted by Crippen LogP contribution is -2.36. The molecule has 0 saturated heterocycles. The molecule has 2 aromatic rings. The minimum absolute atomic E-state index is 0.222. The molecular weight excluding hydrogens is 268 g/mol. The third-order valence-electron chi connectivity index (χ3n) is 3.51. The summed E-state index contributed by atoms with van der Waals surface area (Å²) in [4.78, 5) is 18.7. The fraction of sp³-hybridized carbons (Fsp3) is 0.133. The number of hydrogen-bond acceptors (Lipinski definition) is 6. The number of ketones is 1. The van der Waals surface area contributed by atoms with Crippen LogP contribution in [0.1, 0.15) is 16.1 Å². The number of para-hydroxylation sites is 1. The molecule has 0 radical (unpaired) electrons. The summed E-state index contributed by atoms with van der Waals surface area (Å²) in [5, 5.41) is 6.84. The SMILES string of the molecule is O=C(/C=C1\Nc2ccccc2C2=NCCN21)c1ccno1. The molecular formula is C15H12N4O2. The summed E-state index contributed by atoms with van der Waals surface area (Å²) >= 11 is 0. The second kappa shape index (κ2) is 4.59. The van der Waals surface area contributed by atoms with Gasteiger partial charge in [-0.15, -0.1) is 0 Å². The van der Waals surface area contributed by atoms with Gasteiger partial charge >= 0.3 is 0 Å². The Morgan fingerprint density at radius 3 is 3.10 bits per heavy atom. The van der Waals surface area contributed by atoms with Crippen LogP contribution in [0.15, 0.2) is 57.9 Å². The van der Waals surface area contributed by atoms with Crippen LogP contribution in [0.3, 0.4) is 0 Å². The van der Waals surface area contributed by atoms with E-state index < -0.39 is 0 Å². The first-order valence-electron chi connectivity index (χ1n) is 6.68. The number of amidine groups is 1.